The van der Waals surface area contributed by atoms with Crippen LogP contribution in [0, 0.1) is 5.92 Å². The fourth-order valence-electron chi connectivity index (χ4n) is 3.32. The van der Waals surface area contributed by atoms with Crippen molar-refractivity contribution in [3.05, 3.63) is 35.9 Å². The fourth-order valence-corrected chi connectivity index (χ4v) is 3.32. The average molecular weight is 398 g/mol. The molecule has 0 spiro atoms. The van der Waals surface area contributed by atoms with Crippen LogP contribution in [0.2, 0.25) is 0 Å². The van der Waals surface area contributed by atoms with Crippen molar-refractivity contribution in [2.45, 2.75) is 51.1 Å². The van der Waals surface area contributed by atoms with Gasteiger partial charge in [0.15, 0.2) is 0 Å². The van der Waals surface area contributed by atoms with E-state index in [2.05, 4.69) is 5.32 Å². The standard InChI is InChI=1S/C18H28BN3O4.ClH/c1-4-14(19(25)26)21-16(23)15(13-8-6-5-7-9-13)22-11-10-18(20,12(2)3)17(22)24;/h5-9,12,14-15,25-26H,4,10-11,20H2,1-3H3,(H,21,23);1H/t14-,15?,18?;/m0./s1. The monoisotopic (exact) mass is 397 g/mol. The van der Waals surface area contributed by atoms with Crippen molar-refractivity contribution in [3.63, 3.8) is 0 Å². The molecule has 27 heavy (non-hydrogen) atoms. The summed E-state index contributed by atoms with van der Waals surface area (Å²) in [4.78, 5) is 27.5. The number of carbonyl (C=O) groups is 2. The molecule has 0 radical (unpaired) electrons. The van der Waals surface area contributed by atoms with Crippen LogP contribution in [0.15, 0.2) is 30.3 Å². The highest BCUT2D eigenvalue weighted by Gasteiger charge is 2.49. The molecule has 1 aromatic carbocycles. The minimum absolute atomic E-state index is 0. The number of amides is 2. The van der Waals surface area contributed by atoms with Gasteiger partial charge in [-0.3, -0.25) is 9.59 Å². The molecule has 0 aromatic heterocycles. The Balaban J connectivity index is 0.00000364. The van der Waals surface area contributed by atoms with Gasteiger partial charge in [-0.05, 0) is 24.3 Å². The van der Waals surface area contributed by atoms with Gasteiger partial charge in [-0.1, -0.05) is 51.1 Å². The molecule has 1 aliphatic rings. The molecule has 0 saturated carbocycles. The maximum absolute atomic E-state index is 13.0. The maximum Gasteiger partial charge on any atom is 0.475 e. The molecule has 1 saturated heterocycles. The summed E-state index contributed by atoms with van der Waals surface area (Å²) < 4.78 is 0. The molecule has 1 fully saturated rings. The number of nitrogens with two attached hydrogens (primary N) is 1. The van der Waals surface area contributed by atoms with Gasteiger partial charge in [0.2, 0.25) is 11.8 Å². The minimum Gasteiger partial charge on any atom is -0.426 e. The normalized spacial score (nSPS) is 21.6. The summed E-state index contributed by atoms with van der Waals surface area (Å²) in [5.41, 5.74) is 5.99. The van der Waals surface area contributed by atoms with Crippen LogP contribution in [0.25, 0.3) is 0 Å². The second-order valence-electron chi connectivity index (χ2n) is 7.19. The molecule has 2 rings (SSSR count). The van der Waals surface area contributed by atoms with Gasteiger partial charge in [0.1, 0.15) is 6.04 Å². The summed E-state index contributed by atoms with van der Waals surface area (Å²) in [5, 5.41) is 21.5. The Morgan fingerprint density at radius 1 is 1.33 bits per heavy atom. The number of hydrogen-bond donors (Lipinski definition) is 4. The van der Waals surface area contributed by atoms with E-state index in [0.717, 1.165) is 0 Å². The van der Waals surface area contributed by atoms with E-state index in [1.54, 1.807) is 31.2 Å². The van der Waals surface area contributed by atoms with Crippen LogP contribution in [0.3, 0.4) is 0 Å². The van der Waals surface area contributed by atoms with Crippen LogP contribution in [-0.4, -0.2) is 51.9 Å². The molecule has 0 bridgehead atoms. The molecular weight excluding hydrogens is 368 g/mol. The van der Waals surface area contributed by atoms with Gasteiger partial charge >= 0.3 is 7.12 Å². The first-order valence-corrected chi connectivity index (χ1v) is 9.03. The highest BCUT2D eigenvalue weighted by Crippen LogP contribution is 2.34. The molecule has 5 N–H and O–H groups in total. The lowest BCUT2D eigenvalue weighted by molar-refractivity contribution is -0.141. The van der Waals surface area contributed by atoms with Crippen molar-refractivity contribution >= 4 is 31.3 Å². The van der Waals surface area contributed by atoms with E-state index < -0.39 is 30.5 Å². The molecule has 1 aliphatic heterocycles. The van der Waals surface area contributed by atoms with Gasteiger partial charge < -0.3 is 26.0 Å². The van der Waals surface area contributed by atoms with Gasteiger partial charge in [-0.2, -0.15) is 0 Å². The molecular formula is C18H29BClN3O4. The van der Waals surface area contributed by atoms with Crippen LogP contribution in [0.5, 0.6) is 0 Å². The Hall–Kier alpha value is -1.61. The Morgan fingerprint density at radius 2 is 1.93 bits per heavy atom. The fraction of sp³-hybridized carbons (Fsp3) is 0.556. The first-order chi connectivity index (χ1) is 12.2. The maximum atomic E-state index is 13.0. The molecule has 1 heterocycles. The third-order valence-electron chi connectivity index (χ3n) is 5.26. The quantitative estimate of drug-likeness (QED) is 0.504. The molecule has 2 unspecified atom stereocenters. The van der Waals surface area contributed by atoms with E-state index in [-0.39, 0.29) is 24.2 Å². The molecule has 3 atom stereocenters. The summed E-state index contributed by atoms with van der Waals surface area (Å²) in [7, 11) is -1.67. The Morgan fingerprint density at radius 3 is 2.37 bits per heavy atom. The van der Waals surface area contributed by atoms with Crippen molar-refractivity contribution in [2.75, 3.05) is 6.54 Å². The lowest BCUT2D eigenvalue weighted by Crippen LogP contribution is -2.55. The smallest absolute Gasteiger partial charge is 0.426 e. The molecule has 7 nitrogen and oxygen atoms in total. The number of halogens is 1. The third-order valence-corrected chi connectivity index (χ3v) is 5.26. The number of benzene rings is 1. The third kappa shape index (κ3) is 4.82. The number of hydrogen-bond acceptors (Lipinski definition) is 5. The van der Waals surface area contributed by atoms with E-state index in [9.17, 15) is 19.6 Å². The van der Waals surface area contributed by atoms with Crippen molar-refractivity contribution < 1.29 is 19.6 Å². The highest BCUT2D eigenvalue weighted by atomic mass is 35.5. The van der Waals surface area contributed by atoms with Gasteiger partial charge in [0.05, 0.1) is 11.5 Å². The van der Waals surface area contributed by atoms with Crippen LogP contribution >= 0.6 is 12.4 Å². The first-order valence-electron chi connectivity index (χ1n) is 9.03. The summed E-state index contributed by atoms with van der Waals surface area (Å²) in [5.74, 6) is -1.56. The Labute approximate surface area is 166 Å². The largest absolute Gasteiger partial charge is 0.475 e. The summed E-state index contributed by atoms with van der Waals surface area (Å²) in [6.07, 6.45) is 0.825. The molecule has 2 amide bonds. The lowest BCUT2D eigenvalue weighted by Gasteiger charge is -2.32. The lowest BCUT2D eigenvalue weighted by atomic mass is 9.77. The van der Waals surface area contributed by atoms with Gasteiger partial charge in [0.25, 0.3) is 0 Å². The van der Waals surface area contributed by atoms with Gasteiger partial charge in [-0.15, -0.1) is 12.4 Å². The molecule has 150 valence electrons. The van der Waals surface area contributed by atoms with E-state index >= 15 is 0 Å². The van der Waals surface area contributed by atoms with E-state index in [0.29, 0.717) is 24.9 Å². The first kappa shape index (κ1) is 23.4. The number of likely N-dealkylation sites (tertiary alicyclic amines) is 1. The Kier molecular flexibility index (Phi) is 8.29. The van der Waals surface area contributed by atoms with Crippen LogP contribution in [0.1, 0.15) is 45.2 Å². The van der Waals surface area contributed by atoms with E-state index in [1.807, 2.05) is 19.9 Å². The highest BCUT2D eigenvalue weighted by molar-refractivity contribution is 6.43. The zero-order valence-electron chi connectivity index (χ0n) is 16.0. The molecule has 1 aromatic rings. The summed E-state index contributed by atoms with van der Waals surface area (Å²) in [6.45, 7) is 5.91. The topological polar surface area (TPSA) is 116 Å². The van der Waals surface area contributed by atoms with Gasteiger partial charge in [0, 0.05) is 6.54 Å². The van der Waals surface area contributed by atoms with Crippen LogP contribution < -0.4 is 11.1 Å². The van der Waals surface area contributed by atoms with Gasteiger partial charge in [-0.25, -0.2) is 0 Å². The number of nitrogens with zero attached hydrogens (tertiary/aromatic N) is 1. The zero-order chi connectivity index (χ0) is 19.5. The number of nitrogens with one attached hydrogen (secondary N) is 1. The number of rotatable bonds is 7. The molecule has 9 heteroatoms. The van der Waals surface area contributed by atoms with Crippen molar-refractivity contribution in [1.29, 1.82) is 0 Å². The second kappa shape index (κ2) is 9.55. The molecule has 0 aliphatic carbocycles. The minimum atomic E-state index is -1.67. The van der Waals surface area contributed by atoms with E-state index in [1.165, 1.54) is 4.90 Å². The number of carbonyl (C=O) groups excluding carboxylic acids is 2. The average Bonchev–Trinajstić information content (AvgIpc) is 2.91. The predicted octanol–water partition coefficient (Wildman–Crippen LogP) is 0.642. The zero-order valence-corrected chi connectivity index (χ0v) is 16.8. The van der Waals surface area contributed by atoms with Crippen molar-refractivity contribution in [1.82, 2.24) is 10.2 Å². The van der Waals surface area contributed by atoms with Crippen molar-refractivity contribution in [3.8, 4) is 0 Å². The SMILES string of the molecule is CC[C@H](NC(=O)C(c1ccccc1)N1CCC(N)(C(C)C)C1=O)B(O)O.Cl. The van der Waals surface area contributed by atoms with Crippen molar-refractivity contribution in [2.24, 2.45) is 11.7 Å². The van der Waals surface area contributed by atoms with Crippen LogP contribution in [0.4, 0.5) is 0 Å². The van der Waals surface area contributed by atoms with E-state index in [4.69, 9.17) is 5.73 Å². The summed E-state index contributed by atoms with van der Waals surface area (Å²) >= 11 is 0. The second-order valence-corrected chi connectivity index (χ2v) is 7.19. The van der Waals surface area contributed by atoms with Crippen LogP contribution in [-0.2, 0) is 9.59 Å². The predicted molar refractivity (Wildman–Crippen MR) is 107 cm³/mol. The Bertz CT molecular complexity index is 647. The summed E-state index contributed by atoms with van der Waals surface area (Å²) in [6, 6.07) is 8.12.